The molecule has 134 heavy (non-hydrogen) atoms. The number of hydrogen-bond acceptors (Lipinski definition) is 35. The number of aromatic nitrogens is 25. The summed E-state index contributed by atoms with van der Waals surface area (Å²) >= 11 is 0. The van der Waals surface area contributed by atoms with Crippen LogP contribution in [0.1, 0.15) is 111 Å². The number of nitrogen functional groups attached to an aromatic ring is 1. The minimum Gasteiger partial charge on any atom is -0.479 e. The summed E-state index contributed by atoms with van der Waals surface area (Å²) in [4.78, 5) is 89.2. The van der Waals surface area contributed by atoms with E-state index < -0.39 is 5.97 Å². The van der Waals surface area contributed by atoms with Gasteiger partial charge in [-0.15, -0.1) is 61.2 Å². The predicted octanol–water partition coefficient (Wildman–Crippen LogP) is 6.40. The van der Waals surface area contributed by atoms with Crippen LogP contribution >= 0.6 is 0 Å². The fourth-order valence-electron chi connectivity index (χ4n) is 11.7. The monoisotopic (exact) mass is 1850 g/mol. The third kappa shape index (κ3) is 31.8. The van der Waals surface area contributed by atoms with E-state index in [2.05, 4.69) is 122 Å². The number of aryl methyl sites for hydroxylation is 4. The van der Waals surface area contributed by atoms with E-state index >= 15 is 0 Å². The minimum absolute atomic E-state index is 0.0414. The lowest BCUT2D eigenvalue weighted by molar-refractivity contribution is 0.0692. The molecule has 0 spiro atoms. The number of carboxylic acids is 1. The number of hydrazone groups is 1. The molecule has 13 aromatic heterocycles. The molecule has 4 amide bonds. The largest absolute Gasteiger partial charge is 0.479 e. The number of anilines is 4. The number of carboxylic acid groups (broad SMARTS) is 1. The van der Waals surface area contributed by atoms with Crippen LogP contribution in [0.4, 0.5) is 29.1 Å². The van der Waals surface area contributed by atoms with Crippen LogP contribution in [-0.2, 0) is 51.9 Å². The molecular formula is C84H115N35O15. The molecule has 0 saturated heterocycles. The van der Waals surface area contributed by atoms with E-state index in [-0.39, 0.29) is 88.6 Å². The maximum absolute atomic E-state index is 12.5. The zero-order valence-electron chi connectivity index (χ0n) is 78.6. The number of hydrogen-bond donors (Lipinski definition) is 7. The average molecular weight is 1860 g/mol. The Morgan fingerprint density at radius 1 is 0.410 bits per heavy atom. The Labute approximate surface area is 772 Å². The Morgan fingerprint density at radius 3 is 1.00 bits per heavy atom. The normalized spacial score (nSPS) is 11.8. The summed E-state index contributed by atoms with van der Waals surface area (Å²) in [6, 6.07) is 26.8. The van der Waals surface area contributed by atoms with Crippen LogP contribution in [0.3, 0.4) is 0 Å². The molecule has 50 heteroatoms. The highest BCUT2D eigenvalue weighted by Gasteiger charge is 2.25. The number of ether oxygens (including phenoxy) is 9. The quantitative estimate of drug-likeness (QED) is 0.0130. The van der Waals surface area contributed by atoms with Crippen molar-refractivity contribution < 1.29 is 71.7 Å². The number of aromatic carboxylic acids is 1. The average Bonchev–Trinajstić information content (AvgIpc) is 1.62. The first-order valence-electron chi connectivity index (χ1n) is 40.8. The number of aliphatic imine (C=N–C) groups is 1. The van der Waals surface area contributed by atoms with Gasteiger partial charge in [-0.1, -0.05) is 30.3 Å². The van der Waals surface area contributed by atoms with Crippen molar-refractivity contribution in [1.82, 2.24) is 138 Å². The zero-order chi connectivity index (χ0) is 98.1. The van der Waals surface area contributed by atoms with Gasteiger partial charge in [0, 0.05) is 123 Å². The van der Waals surface area contributed by atoms with Crippen LogP contribution in [0.5, 0.6) is 23.5 Å². The Hall–Kier alpha value is -15.8. The number of carbonyl (C=O) groups excluding carboxylic acids is 4. The zero-order valence-corrected chi connectivity index (χ0v) is 78.6. The second-order valence-corrected chi connectivity index (χ2v) is 29.4. The highest BCUT2D eigenvalue weighted by Crippen LogP contribution is 2.28. The van der Waals surface area contributed by atoms with Crippen molar-refractivity contribution >= 4 is 71.4 Å². The highest BCUT2D eigenvalue weighted by atomic mass is 16.5. The van der Waals surface area contributed by atoms with E-state index in [1.54, 1.807) is 203 Å². The fourth-order valence-corrected chi connectivity index (χ4v) is 11.7. The molecule has 13 aromatic rings. The molecule has 50 nitrogen and oxygen atoms in total. The van der Waals surface area contributed by atoms with Gasteiger partial charge in [0.15, 0.2) is 29.1 Å². The Morgan fingerprint density at radius 2 is 0.716 bits per heavy atom. The molecule has 0 aliphatic heterocycles. The van der Waals surface area contributed by atoms with Crippen LogP contribution < -0.4 is 51.8 Å². The molecule has 5 atom stereocenters. The maximum atomic E-state index is 12.5. The van der Waals surface area contributed by atoms with E-state index in [4.69, 9.17) is 54.5 Å². The molecule has 716 valence electrons. The lowest BCUT2D eigenvalue weighted by atomic mass is 10.3. The van der Waals surface area contributed by atoms with Gasteiger partial charge in [0.1, 0.15) is 106 Å². The number of amides is 4. The van der Waals surface area contributed by atoms with Gasteiger partial charge in [-0.05, 0) is 95.3 Å². The second-order valence-electron chi connectivity index (χ2n) is 29.4. The molecular weight excluding hydrogens is 1740 g/mol. The second kappa shape index (κ2) is 53.4. The van der Waals surface area contributed by atoms with Crippen LogP contribution in [0.15, 0.2) is 151 Å². The molecule has 0 saturated carbocycles. The number of rotatable bonds is 34. The molecule has 0 bridgehead atoms. The molecule has 0 radical (unpaired) electrons. The molecule has 0 fully saturated rings. The summed E-state index contributed by atoms with van der Waals surface area (Å²) < 4.78 is 58.9. The SMILES string of the molecule is CN(C)C=Nc1cccc(C(=O)N/N=C/N(C)C)n1.COCC(C)N.COCC(C)n1cnnc1-c1cccc(N)n1.COCC(C)n1cnnc1-c1cccc(NC(=O)c2cn(C)nc2OC)n1.COC[C@@H](C)n1cnnc1-c1cccc(NC(=O)c2cn(C)nc2OC)n1.COC[C@H](C)n1cnnc1-c1cccc(NC(=O)c2cn(C)nc2OC)n1.COc1nn(C)cc1C(=O)O. The van der Waals surface area contributed by atoms with Crippen molar-refractivity contribution in [2.75, 3.05) is 147 Å². The first-order valence-corrected chi connectivity index (χ1v) is 40.8. The summed E-state index contributed by atoms with van der Waals surface area (Å²) in [5.41, 5.74) is 17.1. The predicted molar refractivity (Wildman–Crippen MR) is 495 cm³/mol. The van der Waals surface area contributed by atoms with Crippen molar-refractivity contribution in [2.24, 2.45) is 44.0 Å². The van der Waals surface area contributed by atoms with E-state index in [0.29, 0.717) is 125 Å². The summed E-state index contributed by atoms with van der Waals surface area (Å²) in [5.74, 6) is 2.96. The Balaban J connectivity index is 0.000000221. The van der Waals surface area contributed by atoms with Crippen molar-refractivity contribution in [3.05, 3.63) is 169 Å². The van der Waals surface area contributed by atoms with Crippen LogP contribution in [0.2, 0.25) is 0 Å². The van der Waals surface area contributed by atoms with Crippen molar-refractivity contribution in [1.29, 1.82) is 0 Å². The van der Waals surface area contributed by atoms with Gasteiger partial charge in [-0.3, -0.25) is 37.9 Å². The van der Waals surface area contributed by atoms with E-state index in [0.717, 1.165) is 0 Å². The van der Waals surface area contributed by atoms with E-state index in [1.807, 2.05) is 93.2 Å². The van der Waals surface area contributed by atoms with Gasteiger partial charge >= 0.3 is 5.97 Å². The van der Waals surface area contributed by atoms with Crippen LogP contribution in [-0.4, -0.2) is 312 Å². The number of methoxy groups -OCH3 is 9. The topological polar surface area (TPSA) is 579 Å². The first kappa shape index (κ1) is 105. The summed E-state index contributed by atoms with van der Waals surface area (Å²) in [6.07, 6.45) is 15.8. The Kier molecular flexibility index (Phi) is 41.9. The molecule has 0 aliphatic carbocycles. The molecule has 3 unspecified atom stereocenters. The van der Waals surface area contributed by atoms with E-state index in [9.17, 15) is 24.0 Å². The van der Waals surface area contributed by atoms with Crippen LogP contribution in [0, 0.1) is 0 Å². The molecule has 9 N–H and O–H groups in total. The standard InChI is InChI=1S/3C17H21N7O3.C12H18N6O.C11H15N5O.C6H8N2O3.C4H11NO/c3*1-11(9-26-3)24-10-18-21-15(24)13-6-5-7-14(19-13)20-16(25)12-8-23(2)22-17(12)27-4;1-17(2)8-13-11-7-5-6-10(15-11)12(19)16-14-9-18(3)4;1-8(6-17-2)16-7-13-15-11(16)9-4-3-5-10(12)14-9;1-8-3-4(6(9)10)5(7-8)11-2;1-4(5)3-6-2/h3*5-8,10-11H,9H2,1-4H3,(H,19,20,25);5-9H,1-4H3,(H,16,19);3-5,7-8H,6H2,1-2H3,(H2,12,14);3H,1-2H3,(H,9,10);4H,3,5H2,1-2H3/b;;;13-8?,14-9+;;;/t2*11-;;;;;/m10...../s1. The summed E-state index contributed by atoms with van der Waals surface area (Å²) in [7, 11) is 28.1. The van der Waals surface area contributed by atoms with E-state index in [1.165, 1.54) is 59.7 Å². The number of carbonyl (C=O) groups is 5. The van der Waals surface area contributed by atoms with Crippen molar-refractivity contribution in [2.45, 2.75) is 64.8 Å². The van der Waals surface area contributed by atoms with Gasteiger partial charge in [0.25, 0.3) is 23.6 Å². The first-order chi connectivity index (χ1) is 64.2. The molecule has 0 aliphatic rings. The number of nitrogens with zero attached hydrogens (tertiary/aromatic N) is 29. The lowest BCUT2D eigenvalue weighted by Crippen LogP contribution is -2.21. The smallest absolute Gasteiger partial charge is 0.342 e. The van der Waals surface area contributed by atoms with Gasteiger partial charge in [-0.25, -0.2) is 40.1 Å². The molecule has 13 rings (SSSR count). The van der Waals surface area contributed by atoms with Gasteiger partial charge in [0.2, 0.25) is 23.5 Å². The summed E-state index contributed by atoms with van der Waals surface area (Å²) in [5, 5.41) is 68.9. The number of pyridine rings is 5. The number of nitrogens with two attached hydrogens (primary N) is 2. The van der Waals surface area contributed by atoms with Crippen molar-refractivity contribution in [3.8, 4) is 69.6 Å². The summed E-state index contributed by atoms with van der Waals surface area (Å²) in [6.45, 7) is 12.7. The van der Waals surface area contributed by atoms with Crippen LogP contribution in [0.25, 0.3) is 46.1 Å². The third-order valence-electron chi connectivity index (χ3n) is 17.7. The van der Waals surface area contributed by atoms with Crippen molar-refractivity contribution in [3.63, 3.8) is 0 Å². The highest BCUT2D eigenvalue weighted by molar-refractivity contribution is 6.07. The Bertz CT molecular complexity index is 5550. The van der Waals surface area contributed by atoms with Gasteiger partial charge < -0.3 is 103 Å². The lowest BCUT2D eigenvalue weighted by Gasteiger charge is -2.14. The number of nitrogens with one attached hydrogen (secondary N) is 4. The maximum Gasteiger partial charge on any atom is 0.342 e. The minimum atomic E-state index is -1.03. The fraction of sp³-hybridized carbons (Fsp3) is 0.381. The molecule has 0 aromatic carbocycles. The van der Waals surface area contributed by atoms with Gasteiger partial charge in [0.05, 0.1) is 92.0 Å². The van der Waals surface area contributed by atoms with Gasteiger partial charge in [-0.2, -0.15) is 5.10 Å². The molecule has 13 heterocycles. The third-order valence-corrected chi connectivity index (χ3v) is 17.7.